The highest BCUT2D eigenvalue weighted by molar-refractivity contribution is 5.85. The summed E-state index contributed by atoms with van der Waals surface area (Å²) < 4.78 is 13.7. The van der Waals surface area contributed by atoms with E-state index in [0.717, 1.165) is 11.1 Å². The fourth-order valence-electron chi connectivity index (χ4n) is 2.88. The van der Waals surface area contributed by atoms with Crippen molar-refractivity contribution < 1.29 is 14.0 Å². The van der Waals surface area contributed by atoms with E-state index in [-0.39, 0.29) is 37.0 Å². The first-order valence-corrected chi connectivity index (χ1v) is 8.94. The van der Waals surface area contributed by atoms with Crippen LogP contribution in [0.4, 0.5) is 4.39 Å². The highest BCUT2D eigenvalue weighted by Crippen LogP contribution is 2.16. The molecule has 0 spiro atoms. The van der Waals surface area contributed by atoms with Crippen LogP contribution in [-0.2, 0) is 16.0 Å². The molecule has 0 saturated carbocycles. The third kappa shape index (κ3) is 6.18. The molecule has 0 heterocycles. The molecule has 144 valence electrons. The van der Waals surface area contributed by atoms with E-state index < -0.39 is 12.0 Å². The second-order valence-corrected chi connectivity index (χ2v) is 6.64. The molecule has 0 bridgehead atoms. The number of likely N-dealkylation sites (N-methyl/N-ethyl adjacent to an activating group) is 1. The Morgan fingerprint density at radius 3 is 2.41 bits per heavy atom. The minimum absolute atomic E-state index is 0.0582. The van der Waals surface area contributed by atoms with Crippen LogP contribution < -0.4 is 16.4 Å². The molecular weight excluding hydrogens is 345 g/mol. The molecule has 0 fully saturated rings. The van der Waals surface area contributed by atoms with E-state index in [2.05, 4.69) is 10.6 Å². The molecule has 0 aromatic heterocycles. The molecule has 0 radical (unpaired) electrons. The van der Waals surface area contributed by atoms with Crippen molar-refractivity contribution in [3.8, 4) is 0 Å². The summed E-state index contributed by atoms with van der Waals surface area (Å²) in [6.45, 7) is 2.14. The van der Waals surface area contributed by atoms with E-state index >= 15 is 0 Å². The molecule has 27 heavy (non-hydrogen) atoms. The maximum Gasteiger partial charge on any atom is 0.229 e. The monoisotopic (exact) mass is 371 g/mol. The molecule has 2 rings (SSSR count). The van der Waals surface area contributed by atoms with E-state index in [9.17, 15) is 14.0 Å². The smallest absolute Gasteiger partial charge is 0.229 e. The van der Waals surface area contributed by atoms with Gasteiger partial charge in [-0.05, 0) is 30.5 Å². The topological polar surface area (TPSA) is 84.2 Å². The minimum atomic E-state index is -0.500. The third-order valence-electron chi connectivity index (χ3n) is 4.43. The highest BCUT2D eigenvalue weighted by atomic mass is 19.1. The quantitative estimate of drug-likeness (QED) is 0.664. The summed E-state index contributed by atoms with van der Waals surface area (Å²) in [5.41, 5.74) is 8.40. The molecule has 4 N–H and O–H groups in total. The Balaban J connectivity index is 1.92. The van der Waals surface area contributed by atoms with Gasteiger partial charge in [-0.2, -0.15) is 0 Å². The first-order chi connectivity index (χ1) is 12.9. The average molecular weight is 371 g/mol. The van der Waals surface area contributed by atoms with Gasteiger partial charge < -0.3 is 16.4 Å². The number of halogens is 1. The first kappa shape index (κ1) is 20.6. The second kappa shape index (κ2) is 9.83. The zero-order valence-electron chi connectivity index (χ0n) is 15.7. The predicted molar refractivity (Wildman–Crippen MR) is 104 cm³/mol. The number of nitrogens with two attached hydrogens (primary N) is 1. The van der Waals surface area contributed by atoms with Crippen molar-refractivity contribution in [3.63, 3.8) is 0 Å². The van der Waals surface area contributed by atoms with Gasteiger partial charge in [-0.3, -0.25) is 9.59 Å². The molecule has 2 amide bonds. The number of hydrogen-bond donors (Lipinski definition) is 3. The molecule has 5 nitrogen and oxygen atoms in total. The second-order valence-electron chi connectivity index (χ2n) is 6.64. The van der Waals surface area contributed by atoms with Crippen molar-refractivity contribution in [1.29, 1.82) is 0 Å². The number of amides is 2. The molecule has 0 aliphatic carbocycles. The van der Waals surface area contributed by atoms with Gasteiger partial charge in [-0.15, -0.1) is 0 Å². The van der Waals surface area contributed by atoms with Crippen LogP contribution >= 0.6 is 0 Å². The number of hydrogen-bond acceptors (Lipinski definition) is 3. The van der Waals surface area contributed by atoms with Gasteiger partial charge in [0.2, 0.25) is 11.8 Å². The summed E-state index contributed by atoms with van der Waals surface area (Å²) >= 11 is 0. The lowest BCUT2D eigenvalue weighted by Crippen LogP contribution is -2.38. The molecule has 2 aromatic carbocycles. The van der Waals surface area contributed by atoms with Crippen molar-refractivity contribution in [2.75, 3.05) is 13.6 Å². The molecule has 0 aliphatic heterocycles. The van der Waals surface area contributed by atoms with E-state index in [1.807, 2.05) is 31.2 Å². The third-order valence-corrected chi connectivity index (χ3v) is 4.43. The lowest BCUT2D eigenvalue weighted by atomic mass is 9.97. The largest absolute Gasteiger partial charge is 0.359 e. The summed E-state index contributed by atoms with van der Waals surface area (Å²) in [6, 6.07) is 13.5. The summed E-state index contributed by atoms with van der Waals surface area (Å²) in [5, 5.41) is 5.39. The normalized spacial score (nSPS) is 12.9. The fourth-order valence-corrected chi connectivity index (χ4v) is 2.88. The highest BCUT2D eigenvalue weighted by Gasteiger charge is 2.21. The Labute approximate surface area is 159 Å². The molecule has 2 aromatic rings. The minimum Gasteiger partial charge on any atom is -0.359 e. The Kier molecular flexibility index (Phi) is 7.49. The standard InChI is InChI=1S/C21H26FN3O2/c1-14-7-9-15(10-8-14)18(21(27)24-2)13-25-20(26)12-17(23)11-16-5-3-4-6-19(16)22/h3-10,17-18H,11-13,23H2,1-2H3,(H,24,27)(H,25,26)/t17-,18-/m1/s1. The summed E-state index contributed by atoms with van der Waals surface area (Å²) in [7, 11) is 1.57. The van der Waals surface area contributed by atoms with Gasteiger partial charge in [-0.25, -0.2) is 4.39 Å². The maximum atomic E-state index is 13.7. The van der Waals surface area contributed by atoms with Gasteiger partial charge in [0, 0.05) is 26.1 Å². The van der Waals surface area contributed by atoms with Crippen LogP contribution in [0.25, 0.3) is 0 Å². The van der Waals surface area contributed by atoms with Crippen LogP contribution in [0.1, 0.15) is 29.0 Å². The Morgan fingerprint density at radius 2 is 1.78 bits per heavy atom. The van der Waals surface area contributed by atoms with Crippen LogP contribution in [0.5, 0.6) is 0 Å². The fraction of sp³-hybridized carbons (Fsp3) is 0.333. The summed E-state index contributed by atoms with van der Waals surface area (Å²) in [4.78, 5) is 24.4. The summed E-state index contributed by atoms with van der Waals surface area (Å²) in [5.74, 6) is -1.25. The van der Waals surface area contributed by atoms with Crippen molar-refractivity contribution >= 4 is 11.8 Å². The zero-order chi connectivity index (χ0) is 19.8. The maximum absolute atomic E-state index is 13.7. The van der Waals surface area contributed by atoms with Gasteiger partial charge in [0.25, 0.3) is 0 Å². The van der Waals surface area contributed by atoms with Gasteiger partial charge in [0.1, 0.15) is 5.82 Å². The van der Waals surface area contributed by atoms with Crippen LogP contribution in [0.3, 0.4) is 0 Å². The van der Waals surface area contributed by atoms with Gasteiger partial charge in [0.15, 0.2) is 0 Å². The van der Waals surface area contributed by atoms with E-state index in [0.29, 0.717) is 5.56 Å². The van der Waals surface area contributed by atoms with Crippen molar-refractivity contribution in [2.45, 2.75) is 31.7 Å². The number of nitrogens with one attached hydrogen (secondary N) is 2. The number of rotatable bonds is 8. The zero-order valence-corrected chi connectivity index (χ0v) is 15.7. The number of aryl methyl sites for hydroxylation is 1. The van der Waals surface area contributed by atoms with Gasteiger partial charge in [0.05, 0.1) is 5.92 Å². The lowest BCUT2D eigenvalue weighted by molar-refractivity contribution is -0.123. The van der Waals surface area contributed by atoms with Crippen LogP contribution in [0, 0.1) is 12.7 Å². The predicted octanol–water partition coefficient (Wildman–Crippen LogP) is 2.04. The Bertz CT molecular complexity index is 777. The number of carbonyl (C=O) groups is 2. The Morgan fingerprint density at radius 1 is 1.11 bits per heavy atom. The van der Waals surface area contributed by atoms with Crippen LogP contribution in [0.2, 0.25) is 0 Å². The van der Waals surface area contributed by atoms with Crippen molar-refractivity contribution in [2.24, 2.45) is 5.73 Å². The number of benzene rings is 2. The van der Waals surface area contributed by atoms with Crippen LogP contribution in [-0.4, -0.2) is 31.4 Å². The molecule has 6 heteroatoms. The summed E-state index contributed by atoms with van der Waals surface area (Å²) in [6.07, 6.45) is 0.333. The molecule has 2 atom stereocenters. The van der Waals surface area contributed by atoms with E-state index in [1.54, 1.807) is 25.2 Å². The SMILES string of the molecule is CNC(=O)[C@H](CNC(=O)C[C@H](N)Cc1ccccc1F)c1ccc(C)cc1. The average Bonchev–Trinajstić information content (AvgIpc) is 2.64. The van der Waals surface area contributed by atoms with Gasteiger partial charge >= 0.3 is 0 Å². The molecular formula is C21H26FN3O2. The van der Waals surface area contributed by atoms with Crippen molar-refractivity contribution in [1.82, 2.24) is 10.6 Å². The van der Waals surface area contributed by atoms with Crippen LogP contribution in [0.15, 0.2) is 48.5 Å². The van der Waals surface area contributed by atoms with E-state index in [4.69, 9.17) is 5.73 Å². The number of carbonyl (C=O) groups excluding carboxylic acids is 2. The molecule has 0 saturated heterocycles. The molecule has 0 unspecified atom stereocenters. The van der Waals surface area contributed by atoms with Crippen molar-refractivity contribution in [3.05, 3.63) is 71.0 Å². The van der Waals surface area contributed by atoms with E-state index in [1.165, 1.54) is 6.07 Å². The Hall–Kier alpha value is -2.73. The first-order valence-electron chi connectivity index (χ1n) is 8.94. The van der Waals surface area contributed by atoms with Gasteiger partial charge in [-0.1, -0.05) is 48.0 Å². The molecule has 0 aliphatic rings. The lowest BCUT2D eigenvalue weighted by Gasteiger charge is -2.18.